The van der Waals surface area contributed by atoms with Gasteiger partial charge in [0.15, 0.2) is 0 Å². The predicted molar refractivity (Wildman–Crippen MR) is 87.9 cm³/mol. The monoisotopic (exact) mass is 341 g/mol. The highest BCUT2D eigenvalue weighted by atomic mass is 35.5. The molecule has 0 radical (unpaired) electrons. The van der Waals surface area contributed by atoms with Crippen LogP contribution in [-0.2, 0) is 14.3 Å². The number of ether oxygens (including phenoxy) is 1. The fourth-order valence-electron chi connectivity index (χ4n) is 1.84. The number of carbonyl (C=O) groups excluding carboxylic acids is 2. The van der Waals surface area contributed by atoms with E-state index in [0.717, 1.165) is 17.3 Å². The molecule has 7 heteroatoms. The minimum absolute atomic E-state index is 0.303. The number of amides is 1. The van der Waals surface area contributed by atoms with E-state index in [9.17, 15) is 9.59 Å². The van der Waals surface area contributed by atoms with Gasteiger partial charge in [0.2, 0.25) is 0 Å². The first kappa shape index (κ1) is 16.0. The number of carbonyl (C=O) groups is 2. The van der Waals surface area contributed by atoms with Crippen LogP contribution in [0, 0.1) is 0 Å². The fourth-order valence-corrected chi connectivity index (χ4v) is 3.45. The summed E-state index contributed by atoms with van der Waals surface area (Å²) in [6.07, 6.45) is 1.70. The van der Waals surface area contributed by atoms with Crippen LogP contribution >= 0.6 is 35.6 Å². The van der Waals surface area contributed by atoms with Crippen molar-refractivity contribution in [1.82, 2.24) is 4.90 Å². The summed E-state index contributed by atoms with van der Waals surface area (Å²) in [6.45, 7) is 1.58. The Balaban J connectivity index is 2.28. The van der Waals surface area contributed by atoms with Crippen molar-refractivity contribution in [3.05, 3.63) is 39.8 Å². The van der Waals surface area contributed by atoms with Crippen LogP contribution < -0.4 is 0 Å². The molecule has 0 saturated carbocycles. The number of benzene rings is 1. The van der Waals surface area contributed by atoms with Gasteiger partial charge in [-0.25, -0.2) is 4.79 Å². The molecule has 1 aromatic rings. The number of methoxy groups -OCH3 is 1. The Labute approximate surface area is 137 Å². The molecular weight excluding hydrogens is 330 g/mol. The lowest BCUT2D eigenvalue weighted by Crippen LogP contribution is -2.42. The maximum atomic E-state index is 12.4. The number of rotatable bonds is 3. The highest BCUT2D eigenvalue weighted by Gasteiger charge is 2.38. The van der Waals surface area contributed by atoms with Crippen molar-refractivity contribution in [3.8, 4) is 0 Å². The zero-order chi connectivity index (χ0) is 15.6. The van der Waals surface area contributed by atoms with Crippen LogP contribution in [-0.4, -0.2) is 34.2 Å². The Bertz CT molecular complexity index is 645. The highest BCUT2D eigenvalue weighted by molar-refractivity contribution is 8.26. The van der Waals surface area contributed by atoms with Crippen LogP contribution in [0.4, 0.5) is 0 Å². The molecule has 1 atom stereocenters. The van der Waals surface area contributed by atoms with Gasteiger partial charge < -0.3 is 4.74 Å². The maximum Gasteiger partial charge on any atom is 0.328 e. The Morgan fingerprint density at radius 2 is 2.24 bits per heavy atom. The van der Waals surface area contributed by atoms with E-state index in [4.69, 9.17) is 23.8 Å². The number of hydrogen-bond donors (Lipinski definition) is 0. The van der Waals surface area contributed by atoms with Crippen molar-refractivity contribution >= 4 is 57.9 Å². The molecule has 0 aromatic heterocycles. The lowest BCUT2D eigenvalue weighted by molar-refractivity contribution is -0.147. The second kappa shape index (κ2) is 6.60. The number of hydrogen-bond acceptors (Lipinski definition) is 5. The fraction of sp³-hybridized carbons (Fsp3) is 0.214. The van der Waals surface area contributed by atoms with Crippen molar-refractivity contribution < 1.29 is 14.3 Å². The summed E-state index contributed by atoms with van der Waals surface area (Å²) in [5.74, 6) is -0.807. The van der Waals surface area contributed by atoms with Gasteiger partial charge in [0.25, 0.3) is 5.91 Å². The van der Waals surface area contributed by atoms with Crippen molar-refractivity contribution in [2.75, 3.05) is 7.11 Å². The van der Waals surface area contributed by atoms with Gasteiger partial charge in [-0.15, -0.1) is 0 Å². The third-order valence-corrected chi connectivity index (χ3v) is 4.47. The quantitative estimate of drug-likeness (QED) is 0.480. The van der Waals surface area contributed by atoms with Crippen molar-refractivity contribution in [2.45, 2.75) is 13.0 Å². The first-order valence-corrected chi connectivity index (χ1v) is 7.64. The molecule has 4 nitrogen and oxygen atoms in total. The average molecular weight is 342 g/mol. The minimum Gasteiger partial charge on any atom is -0.467 e. The van der Waals surface area contributed by atoms with Crippen LogP contribution in [0.2, 0.25) is 5.02 Å². The van der Waals surface area contributed by atoms with Crippen LogP contribution in [0.1, 0.15) is 12.5 Å². The number of nitrogens with zero attached hydrogens (tertiary/aromatic N) is 1. The Kier molecular flexibility index (Phi) is 5.03. The van der Waals surface area contributed by atoms with Crippen molar-refractivity contribution in [2.24, 2.45) is 0 Å². The second-order valence-corrected chi connectivity index (χ2v) is 6.42. The van der Waals surface area contributed by atoms with E-state index in [1.165, 1.54) is 12.0 Å². The van der Waals surface area contributed by atoms with Crippen LogP contribution in [0.5, 0.6) is 0 Å². The lowest BCUT2D eigenvalue weighted by atomic mass is 10.2. The second-order valence-electron chi connectivity index (χ2n) is 4.31. The standard InChI is InChI=1S/C14H12ClNO3S2/c1-8(13(18)19-2)16-12(17)11(21-14(16)20)7-9-4-3-5-10(15)6-9/h3-8H,1-2H3/b11-7-/t8-/m0/s1. The van der Waals surface area contributed by atoms with Gasteiger partial charge in [-0.3, -0.25) is 9.69 Å². The van der Waals surface area contributed by atoms with Gasteiger partial charge in [0.1, 0.15) is 10.4 Å². The molecular formula is C14H12ClNO3S2. The van der Waals surface area contributed by atoms with E-state index in [-0.39, 0.29) is 5.91 Å². The van der Waals surface area contributed by atoms with Gasteiger partial charge in [-0.2, -0.15) is 0 Å². The van der Waals surface area contributed by atoms with Crippen LogP contribution in [0.3, 0.4) is 0 Å². The molecule has 1 aliphatic heterocycles. The van der Waals surface area contributed by atoms with E-state index in [1.807, 2.05) is 6.07 Å². The predicted octanol–water partition coefficient (Wildman–Crippen LogP) is 3.10. The number of thioether (sulfide) groups is 1. The van der Waals surface area contributed by atoms with E-state index in [1.54, 1.807) is 31.2 Å². The van der Waals surface area contributed by atoms with E-state index >= 15 is 0 Å². The van der Waals surface area contributed by atoms with Gasteiger partial charge >= 0.3 is 5.97 Å². The molecule has 1 aromatic carbocycles. The number of thiocarbonyl (C=S) groups is 1. The number of esters is 1. The molecule has 0 spiro atoms. The van der Waals surface area contributed by atoms with Gasteiger partial charge in [0.05, 0.1) is 12.0 Å². The highest BCUT2D eigenvalue weighted by Crippen LogP contribution is 2.34. The summed E-state index contributed by atoms with van der Waals surface area (Å²) < 4.78 is 4.99. The van der Waals surface area contributed by atoms with Crippen LogP contribution in [0.25, 0.3) is 6.08 Å². The summed E-state index contributed by atoms with van der Waals surface area (Å²) in [6, 6.07) is 6.39. The molecule has 2 rings (SSSR count). The molecule has 1 heterocycles. The summed E-state index contributed by atoms with van der Waals surface area (Å²) in [5.41, 5.74) is 0.800. The first-order chi connectivity index (χ1) is 9.93. The minimum atomic E-state index is -0.743. The van der Waals surface area contributed by atoms with E-state index in [2.05, 4.69) is 4.74 Å². The van der Waals surface area contributed by atoms with E-state index < -0.39 is 12.0 Å². The molecule has 0 aliphatic carbocycles. The third-order valence-electron chi connectivity index (χ3n) is 2.90. The third kappa shape index (κ3) is 3.45. The Hall–Kier alpha value is -1.37. The first-order valence-electron chi connectivity index (χ1n) is 6.04. The average Bonchev–Trinajstić information content (AvgIpc) is 2.72. The van der Waals surface area contributed by atoms with Crippen molar-refractivity contribution in [3.63, 3.8) is 0 Å². The molecule has 21 heavy (non-hydrogen) atoms. The number of halogens is 1. The van der Waals surface area contributed by atoms with Crippen LogP contribution in [0.15, 0.2) is 29.2 Å². The van der Waals surface area contributed by atoms with Gasteiger partial charge in [-0.1, -0.05) is 47.7 Å². The summed E-state index contributed by atoms with van der Waals surface area (Å²) in [4.78, 5) is 25.7. The maximum absolute atomic E-state index is 12.4. The summed E-state index contributed by atoms with van der Waals surface area (Å²) >= 11 is 12.2. The zero-order valence-electron chi connectivity index (χ0n) is 11.3. The van der Waals surface area contributed by atoms with Crippen molar-refractivity contribution in [1.29, 1.82) is 0 Å². The molecule has 1 saturated heterocycles. The molecule has 1 fully saturated rings. The summed E-state index contributed by atoms with van der Waals surface area (Å²) in [7, 11) is 1.28. The molecule has 0 unspecified atom stereocenters. The SMILES string of the molecule is COC(=O)[C@H](C)N1C(=O)/C(=C/c2cccc(Cl)c2)SC1=S. The lowest BCUT2D eigenvalue weighted by Gasteiger charge is -2.20. The zero-order valence-corrected chi connectivity index (χ0v) is 13.7. The van der Waals surface area contributed by atoms with Gasteiger partial charge in [0, 0.05) is 5.02 Å². The largest absolute Gasteiger partial charge is 0.467 e. The molecule has 0 N–H and O–H groups in total. The topological polar surface area (TPSA) is 46.6 Å². The molecule has 110 valence electrons. The van der Waals surface area contributed by atoms with E-state index in [0.29, 0.717) is 14.2 Å². The molecule has 1 aliphatic rings. The van der Waals surface area contributed by atoms with Gasteiger partial charge in [-0.05, 0) is 30.7 Å². The smallest absolute Gasteiger partial charge is 0.328 e. The summed E-state index contributed by atoms with van der Waals surface area (Å²) in [5, 5.41) is 0.585. The molecule has 1 amide bonds. The normalized spacial score (nSPS) is 18.2. The Morgan fingerprint density at radius 1 is 1.52 bits per heavy atom. The molecule has 0 bridgehead atoms. The Morgan fingerprint density at radius 3 is 2.86 bits per heavy atom.